The fraction of sp³-hybridized carbons (Fsp3) is 0.500. The topological polar surface area (TPSA) is 86.8 Å². The van der Waals surface area contributed by atoms with Gasteiger partial charge >= 0.3 is 0 Å². The van der Waals surface area contributed by atoms with Gasteiger partial charge in [0.1, 0.15) is 12.6 Å². The van der Waals surface area contributed by atoms with Crippen molar-refractivity contribution in [2.24, 2.45) is 0 Å². The zero-order valence-corrected chi connectivity index (χ0v) is 23.5. The van der Waals surface area contributed by atoms with Crippen LogP contribution in [0.1, 0.15) is 56.6 Å². The number of amides is 2. The summed E-state index contributed by atoms with van der Waals surface area (Å²) in [5, 5.41) is 3.57. The summed E-state index contributed by atoms with van der Waals surface area (Å²) in [5.74, 6) is -0.605. The van der Waals surface area contributed by atoms with Crippen LogP contribution < -0.4 is 9.62 Å². The van der Waals surface area contributed by atoms with E-state index in [1.165, 1.54) is 6.42 Å². The van der Waals surface area contributed by atoms with Crippen LogP contribution in [0.4, 0.5) is 5.69 Å². The van der Waals surface area contributed by atoms with Gasteiger partial charge in [-0.1, -0.05) is 74.2 Å². The Labute approximate surface area is 226 Å². The summed E-state index contributed by atoms with van der Waals surface area (Å²) in [4.78, 5) is 28.7. The van der Waals surface area contributed by atoms with E-state index in [2.05, 4.69) is 5.32 Å². The zero-order chi connectivity index (χ0) is 27.0. The maximum atomic E-state index is 13.8. The third-order valence-electron chi connectivity index (χ3n) is 7.01. The molecule has 0 aromatic heterocycles. The number of benzene rings is 2. The highest BCUT2D eigenvalue weighted by Crippen LogP contribution is 2.28. The lowest BCUT2D eigenvalue weighted by molar-refractivity contribution is -0.140. The van der Waals surface area contributed by atoms with Crippen molar-refractivity contribution in [1.29, 1.82) is 0 Å². The van der Waals surface area contributed by atoms with Crippen molar-refractivity contribution in [2.45, 2.75) is 70.9 Å². The van der Waals surface area contributed by atoms with Crippen LogP contribution in [0.3, 0.4) is 0 Å². The van der Waals surface area contributed by atoms with Crippen molar-refractivity contribution in [1.82, 2.24) is 10.2 Å². The lowest BCUT2D eigenvalue weighted by Crippen LogP contribution is -2.54. The number of nitrogens with zero attached hydrogens (tertiary/aromatic N) is 2. The average molecular weight is 548 g/mol. The van der Waals surface area contributed by atoms with Crippen LogP contribution in [0.5, 0.6) is 0 Å². The number of halogens is 1. The summed E-state index contributed by atoms with van der Waals surface area (Å²) >= 11 is 6.26. The second-order valence-corrected chi connectivity index (χ2v) is 12.1. The number of rotatable bonds is 11. The first-order chi connectivity index (χ1) is 17.6. The quantitative estimate of drug-likeness (QED) is 0.441. The number of hydrogen-bond acceptors (Lipinski definition) is 4. The number of anilines is 1. The highest BCUT2D eigenvalue weighted by molar-refractivity contribution is 7.92. The molecule has 1 atom stereocenters. The Bertz CT molecular complexity index is 1170. The molecule has 0 heterocycles. The van der Waals surface area contributed by atoms with E-state index in [0.29, 0.717) is 35.7 Å². The van der Waals surface area contributed by atoms with Crippen LogP contribution in [0.25, 0.3) is 0 Å². The van der Waals surface area contributed by atoms with Gasteiger partial charge in [0.15, 0.2) is 0 Å². The van der Waals surface area contributed by atoms with E-state index < -0.39 is 28.5 Å². The van der Waals surface area contributed by atoms with Gasteiger partial charge in [-0.2, -0.15) is 0 Å². The normalized spacial score (nSPS) is 15.1. The standard InChI is InChI=1S/C28H38ClN3O4S/c1-4-25(28(34)30-23-14-9-6-10-15-23)31(19-18-22-12-7-5-8-13-22)27(33)20-32(37(3,35)36)26-17-11-16-24(29)21(26)2/h5,7-8,11-13,16-17,23,25H,4,6,9-10,14-15,18-20H2,1-3H3,(H,30,34)/t25-/m1/s1. The Morgan fingerprint density at radius 3 is 2.35 bits per heavy atom. The molecule has 7 nitrogen and oxygen atoms in total. The van der Waals surface area contributed by atoms with E-state index in [1.807, 2.05) is 37.3 Å². The third kappa shape index (κ3) is 7.95. The average Bonchev–Trinajstić information content (AvgIpc) is 2.87. The zero-order valence-electron chi connectivity index (χ0n) is 22.0. The molecule has 2 amide bonds. The van der Waals surface area contributed by atoms with E-state index in [-0.39, 0.29) is 11.9 Å². The van der Waals surface area contributed by atoms with Gasteiger partial charge in [-0.3, -0.25) is 13.9 Å². The SMILES string of the molecule is CC[C@H](C(=O)NC1CCCCC1)N(CCc1ccccc1)C(=O)CN(c1cccc(Cl)c1C)S(C)(=O)=O. The van der Waals surface area contributed by atoms with E-state index in [9.17, 15) is 18.0 Å². The molecule has 9 heteroatoms. The Morgan fingerprint density at radius 1 is 1.05 bits per heavy atom. The molecule has 3 rings (SSSR count). The summed E-state index contributed by atoms with van der Waals surface area (Å²) < 4.78 is 26.7. The van der Waals surface area contributed by atoms with Gasteiger partial charge in [-0.25, -0.2) is 8.42 Å². The molecule has 0 spiro atoms. The largest absolute Gasteiger partial charge is 0.352 e. The second-order valence-electron chi connectivity index (χ2n) is 9.74. The molecule has 1 N–H and O–H groups in total. The van der Waals surface area contributed by atoms with Crippen molar-refractivity contribution in [3.63, 3.8) is 0 Å². The molecule has 0 bridgehead atoms. The second kappa shape index (κ2) is 13.3. The molecule has 2 aromatic carbocycles. The minimum Gasteiger partial charge on any atom is -0.352 e. The van der Waals surface area contributed by atoms with Crippen molar-refractivity contribution < 1.29 is 18.0 Å². The molecule has 1 fully saturated rings. The van der Waals surface area contributed by atoms with Crippen LogP contribution in [0, 0.1) is 6.92 Å². The minimum absolute atomic E-state index is 0.114. The van der Waals surface area contributed by atoms with Crippen LogP contribution >= 0.6 is 11.6 Å². The molecular formula is C28H38ClN3O4S. The Hall–Kier alpha value is -2.58. The fourth-order valence-electron chi connectivity index (χ4n) is 4.90. The molecule has 0 saturated heterocycles. The molecule has 0 unspecified atom stereocenters. The Morgan fingerprint density at radius 2 is 1.73 bits per heavy atom. The van der Waals surface area contributed by atoms with Gasteiger partial charge in [0, 0.05) is 17.6 Å². The molecule has 37 heavy (non-hydrogen) atoms. The van der Waals surface area contributed by atoms with Crippen molar-refractivity contribution >= 4 is 39.1 Å². The summed E-state index contributed by atoms with van der Waals surface area (Å²) in [7, 11) is -3.80. The predicted molar refractivity (Wildman–Crippen MR) is 149 cm³/mol. The van der Waals surface area contributed by atoms with Gasteiger partial charge in [-0.05, 0) is 55.9 Å². The highest BCUT2D eigenvalue weighted by atomic mass is 35.5. The van der Waals surface area contributed by atoms with E-state index in [1.54, 1.807) is 30.0 Å². The highest BCUT2D eigenvalue weighted by Gasteiger charge is 2.33. The van der Waals surface area contributed by atoms with Gasteiger partial charge in [0.05, 0.1) is 11.9 Å². The Kier molecular flexibility index (Phi) is 10.4. The fourth-order valence-corrected chi connectivity index (χ4v) is 5.97. The first kappa shape index (κ1) is 29.0. The number of sulfonamides is 1. The van der Waals surface area contributed by atoms with Crippen molar-refractivity contribution in [2.75, 3.05) is 23.7 Å². The van der Waals surface area contributed by atoms with Gasteiger partial charge < -0.3 is 10.2 Å². The molecular weight excluding hydrogens is 510 g/mol. The van der Waals surface area contributed by atoms with Crippen LogP contribution in [0.15, 0.2) is 48.5 Å². The predicted octanol–water partition coefficient (Wildman–Crippen LogP) is 4.71. The molecule has 1 aliphatic carbocycles. The first-order valence-corrected chi connectivity index (χ1v) is 15.2. The summed E-state index contributed by atoms with van der Waals surface area (Å²) in [6.45, 7) is 3.48. The number of carbonyl (C=O) groups is 2. The van der Waals surface area contributed by atoms with E-state index in [4.69, 9.17) is 11.6 Å². The number of carbonyl (C=O) groups excluding carboxylic acids is 2. The van der Waals surface area contributed by atoms with Crippen LogP contribution in [-0.2, 0) is 26.0 Å². The smallest absolute Gasteiger partial charge is 0.244 e. The van der Waals surface area contributed by atoms with Crippen molar-refractivity contribution in [3.05, 3.63) is 64.7 Å². The maximum absolute atomic E-state index is 13.8. The summed E-state index contributed by atoms with van der Waals surface area (Å²) in [5.41, 5.74) is 1.96. The van der Waals surface area contributed by atoms with Gasteiger partial charge in [0.2, 0.25) is 21.8 Å². The minimum atomic E-state index is -3.80. The monoisotopic (exact) mass is 547 g/mol. The van der Waals surface area contributed by atoms with Crippen LogP contribution in [-0.4, -0.2) is 56.6 Å². The number of hydrogen-bond donors (Lipinski definition) is 1. The third-order valence-corrected chi connectivity index (χ3v) is 8.54. The number of nitrogens with one attached hydrogen (secondary N) is 1. The summed E-state index contributed by atoms with van der Waals surface area (Å²) in [6, 6.07) is 14.1. The maximum Gasteiger partial charge on any atom is 0.244 e. The van der Waals surface area contributed by atoms with E-state index >= 15 is 0 Å². The molecule has 202 valence electrons. The van der Waals surface area contributed by atoms with Gasteiger partial charge in [0.25, 0.3) is 0 Å². The van der Waals surface area contributed by atoms with Crippen molar-refractivity contribution in [3.8, 4) is 0 Å². The Balaban J connectivity index is 1.89. The van der Waals surface area contributed by atoms with Crippen LogP contribution in [0.2, 0.25) is 5.02 Å². The molecule has 1 aliphatic rings. The first-order valence-electron chi connectivity index (χ1n) is 13.0. The molecule has 0 aliphatic heterocycles. The molecule has 2 aromatic rings. The lowest BCUT2D eigenvalue weighted by atomic mass is 9.95. The molecule has 1 saturated carbocycles. The molecule has 0 radical (unpaired) electrons. The van der Waals surface area contributed by atoms with Gasteiger partial charge in [-0.15, -0.1) is 0 Å². The van der Waals surface area contributed by atoms with E-state index in [0.717, 1.165) is 41.8 Å². The lowest BCUT2D eigenvalue weighted by Gasteiger charge is -2.34. The summed E-state index contributed by atoms with van der Waals surface area (Å²) in [6.07, 6.45) is 7.27.